The Morgan fingerprint density at radius 3 is 2.71 bits per heavy atom. The van der Waals surface area contributed by atoms with E-state index in [1.807, 2.05) is 0 Å². The summed E-state index contributed by atoms with van der Waals surface area (Å²) >= 11 is 0. The fourth-order valence-corrected chi connectivity index (χ4v) is 4.61. The molecule has 3 heterocycles. The molecule has 0 atom stereocenters. The van der Waals surface area contributed by atoms with Crippen molar-refractivity contribution in [1.29, 1.82) is 0 Å². The molecular formula is C19H19N3O5S. The number of carbonyl (C=O) groups is 1. The Balaban J connectivity index is 2.14. The summed E-state index contributed by atoms with van der Waals surface area (Å²) < 4.78 is 28.7. The van der Waals surface area contributed by atoms with E-state index in [9.17, 15) is 18.0 Å². The highest BCUT2D eigenvalue weighted by Gasteiger charge is 2.30. The summed E-state index contributed by atoms with van der Waals surface area (Å²) in [7, 11) is -0.182. The fraction of sp³-hybridized carbons (Fsp3) is 0.263. The number of methoxy groups -OCH3 is 1. The first-order chi connectivity index (χ1) is 13.2. The number of ether oxygens (including phenoxy) is 1. The van der Waals surface area contributed by atoms with Gasteiger partial charge in [0.1, 0.15) is 0 Å². The maximum atomic E-state index is 12.8. The molecule has 0 bridgehead atoms. The molecule has 8 nitrogen and oxygen atoms in total. The molecule has 9 heteroatoms. The number of allylic oxidation sites excluding steroid dienone is 1. The topological polar surface area (TPSA) is 99.8 Å². The van der Waals surface area contributed by atoms with E-state index in [-0.39, 0.29) is 17.9 Å². The lowest BCUT2D eigenvalue weighted by Gasteiger charge is -2.24. The minimum absolute atomic E-state index is 0.149. The number of aromatic amines is 1. The van der Waals surface area contributed by atoms with Gasteiger partial charge >= 0.3 is 6.09 Å². The number of sulfone groups is 1. The SMILES string of the molecule is COC(=O)N1CC=c2[nH]c(=O)c3c4c(ccc1c2-3)=C(CS(C)(=O)=O)C=CN4C. The van der Waals surface area contributed by atoms with Crippen molar-refractivity contribution in [2.75, 3.05) is 42.5 Å². The van der Waals surface area contributed by atoms with Crippen molar-refractivity contribution >= 4 is 39.0 Å². The highest BCUT2D eigenvalue weighted by molar-refractivity contribution is 7.91. The van der Waals surface area contributed by atoms with Gasteiger partial charge in [-0.15, -0.1) is 0 Å². The van der Waals surface area contributed by atoms with Crippen LogP contribution in [0.1, 0.15) is 0 Å². The van der Waals surface area contributed by atoms with Crippen molar-refractivity contribution in [3.8, 4) is 11.1 Å². The third-order valence-corrected chi connectivity index (χ3v) is 5.77. The highest BCUT2D eigenvalue weighted by atomic mass is 32.2. The number of aromatic nitrogens is 1. The lowest BCUT2D eigenvalue weighted by atomic mass is 10.0. The Hall–Kier alpha value is -3.07. The monoisotopic (exact) mass is 401 g/mol. The third kappa shape index (κ3) is 2.78. The molecule has 1 aliphatic carbocycles. The second-order valence-electron chi connectivity index (χ2n) is 6.91. The minimum atomic E-state index is -3.28. The molecule has 1 N–H and O–H groups in total. The van der Waals surface area contributed by atoms with E-state index in [1.165, 1.54) is 18.3 Å². The number of nitrogens with zero attached hydrogens (tertiary/aromatic N) is 2. The molecule has 28 heavy (non-hydrogen) atoms. The lowest BCUT2D eigenvalue weighted by molar-refractivity contribution is 0.179. The van der Waals surface area contributed by atoms with Crippen LogP contribution < -0.4 is 25.9 Å². The number of fused-ring (bicyclic) bond motifs is 2. The molecule has 0 radical (unpaired) electrons. The van der Waals surface area contributed by atoms with Crippen LogP contribution in [0.3, 0.4) is 0 Å². The molecule has 0 aromatic heterocycles. The first-order valence-corrected chi connectivity index (χ1v) is 10.6. The Kier molecular flexibility index (Phi) is 4.07. The summed E-state index contributed by atoms with van der Waals surface area (Å²) in [6, 6.07) is 3.49. The van der Waals surface area contributed by atoms with Crippen molar-refractivity contribution in [3.63, 3.8) is 0 Å². The number of nitrogens with one attached hydrogen (secondary N) is 1. The quantitative estimate of drug-likeness (QED) is 0.761. The van der Waals surface area contributed by atoms with E-state index in [2.05, 4.69) is 4.98 Å². The van der Waals surface area contributed by atoms with Crippen LogP contribution in [-0.2, 0) is 14.6 Å². The molecule has 0 saturated heterocycles. The van der Waals surface area contributed by atoms with E-state index >= 15 is 0 Å². The first kappa shape index (κ1) is 18.3. The van der Waals surface area contributed by atoms with E-state index in [4.69, 9.17) is 4.74 Å². The minimum Gasteiger partial charge on any atom is -0.452 e. The summed E-state index contributed by atoms with van der Waals surface area (Å²) in [6.07, 6.45) is 5.87. The summed E-state index contributed by atoms with van der Waals surface area (Å²) in [6.45, 7) is 0.261. The Labute approximate surface area is 161 Å². The van der Waals surface area contributed by atoms with Gasteiger partial charge in [-0.25, -0.2) is 13.2 Å². The van der Waals surface area contributed by atoms with Gasteiger partial charge in [0.2, 0.25) is 0 Å². The van der Waals surface area contributed by atoms with Crippen LogP contribution in [0.5, 0.6) is 0 Å². The van der Waals surface area contributed by atoms with Crippen LogP contribution in [0, 0.1) is 0 Å². The summed E-state index contributed by atoms with van der Waals surface area (Å²) in [5.74, 6) is -0.149. The molecule has 4 rings (SSSR count). The maximum absolute atomic E-state index is 12.8. The molecule has 0 unspecified atom stereocenters. The van der Waals surface area contributed by atoms with Crippen LogP contribution in [0.25, 0.3) is 22.8 Å². The second kappa shape index (κ2) is 6.23. The third-order valence-electron chi connectivity index (χ3n) is 4.93. The molecule has 3 aliphatic heterocycles. The Bertz CT molecular complexity index is 1290. The van der Waals surface area contributed by atoms with Crippen LogP contribution in [0.2, 0.25) is 0 Å². The number of hydrogen-bond acceptors (Lipinski definition) is 6. The zero-order chi connectivity index (χ0) is 20.2. The van der Waals surface area contributed by atoms with Crippen molar-refractivity contribution in [1.82, 2.24) is 4.98 Å². The van der Waals surface area contributed by atoms with Crippen molar-refractivity contribution < 1.29 is 17.9 Å². The van der Waals surface area contributed by atoms with Gasteiger partial charge in [0.15, 0.2) is 9.84 Å². The van der Waals surface area contributed by atoms with Gasteiger partial charge in [-0.2, -0.15) is 0 Å². The molecule has 146 valence electrons. The zero-order valence-corrected chi connectivity index (χ0v) is 16.5. The van der Waals surface area contributed by atoms with E-state index in [0.29, 0.717) is 38.6 Å². The van der Waals surface area contributed by atoms with Gasteiger partial charge in [-0.05, 0) is 23.8 Å². The van der Waals surface area contributed by atoms with Crippen molar-refractivity contribution in [2.45, 2.75) is 0 Å². The number of carbonyl (C=O) groups excluding carboxylic acids is 1. The standard InChI is InChI=1S/C19H19N3O5S/c1-21-8-6-11(10-28(3,25)26)12-4-5-14-15-13(7-9-22(14)19(24)27-2)20-18(23)16(15)17(12)21/h4-8H,9-10H2,1-3H3,(H,20,23). The van der Waals surface area contributed by atoms with E-state index < -0.39 is 15.9 Å². The highest BCUT2D eigenvalue weighted by Crippen LogP contribution is 2.34. The fourth-order valence-electron chi connectivity index (χ4n) is 3.79. The number of amides is 1. The van der Waals surface area contributed by atoms with Crippen LogP contribution in [0.4, 0.5) is 16.2 Å². The number of hydrogen-bond donors (Lipinski definition) is 1. The van der Waals surface area contributed by atoms with Crippen LogP contribution >= 0.6 is 0 Å². The van der Waals surface area contributed by atoms with Gasteiger partial charge in [-0.3, -0.25) is 9.69 Å². The average molecular weight is 401 g/mol. The first-order valence-electron chi connectivity index (χ1n) is 8.58. The lowest BCUT2D eigenvalue weighted by Crippen LogP contribution is -2.35. The van der Waals surface area contributed by atoms with Crippen molar-refractivity contribution in [2.24, 2.45) is 0 Å². The molecule has 0 saturated carbocycles. The normalized spacial score (nSPS) is 15.5. The average Bonchev–Trinajstić information content (AvgIpc) is 2.83. The Morgan fingerprint density at radius 1 is 1.29 bits per heavy atom. The van der Waals surface area contributed by atoms with Gasteiger partial charge in [0.25, 0.3) is 5.56 Å². The Morgan fingerprint density at radius 2 is 2.04 bits per heavy atom. The molecule has 0 spiro atoms. The molecular weight excluding hydrogens is 382 g/mol. The summed E-state index contributed by atoms with van der Waals surface area (Å²) in [5.41, 5.74) is 2.47. The largest absolute Gasteiger partial charge is 0.452 e. The van der Waals surface area contributed by atoms with Gasteiger partial charge in [0.05, 0.1) is 29.8 Å². The second-order valence-corrected chi connectivity index (χ2v) is 9.05. The van der Waals surface area contributed by atoms with Gasteiger partial charge in [0, 0.05) is 42.2 Å². The number of anilines is 2. The number of rotatable bonds is 2. The van der Waals surface area contributed by atoms with Crippen molar-refractivity contribution in [3.05, 3.63) is 45.3 Å². The van der Waals surface area contributed by atoms with E-state index in [1.54, 1.807) is 42.4 Å². The summed E-state index contributed by atoms with van der Waals surface area (Å²) in [5, 5.41) is 1.28. The van der Waals surface area contributed by atoms with Crippen LogP contribution in [-0.4, -0.2) is 52.2 Å². The summed E-state index contributed by atoms with van der Waals surface area (Å²) in [4.78, 5) is 31.2. The molecule has 4 aliphatic rings. The van der Waals surface area contributed by atoms with Gasteiger partial charge in [-0.1, -0.05) is 6.07 Å². The smallest absolute Gasteiger partial charge is 0.414 e. The predicted molar refractivity (Wildman–Crippen MR) is 108 cm³/mol. The van der Waals surface area contributed by atoms with E-state index in [0.717, 1.165) is 0 Å². The zero-order valence-electron chi connectivity index (χ0n) is 15.6. The molecule has 1 amide bonds. The van der Waals surface area contributed by atoms with Gasteiger partial charge < -0.3 is 14.6 Å². The maximum Gasteiger partial charge on any atom is 0.414 e. The molecule has 0 aromatic rings. The number of H-pyrrole nitrogens is 1. The van der Waals surface area contributed by atoms with Crippen LogP contribution in [0.15, 0.2) is 29.2 Å². The predicted octanol–water partition coefficient (Wildman–Crippen LogP) is 0.00540. The molecule has 0 fully saturated rings. The molecule has 0 aromatic carbocycles.